The van der Waals surface area contributed by atoms with Gasteiger partial charge in [0.05, 0.1) is 25.0 Å². The zero-order chi connectivity index (χ0) is 13.2. The molecule has 0 bridgehead atoms. The van der Waals surface area contributed by atoms with Crippen molar-refractivity contribution < 1.29 is 4.74 Å². The first kappa shape index (κ1) is 13.5. The van der Waals surface area contributed by atoms with Crippen molar-refractivity contribution in [3.8, 4) is 0 Å². The van der Waals surface area contributed by atoms with E-state index in [1.54, 1.807) is 13.3 Å². The molecule has 0 aromatic carbocycles. The Labute approximate surface area is 115 Å². The van der Waals surface area contributed by atoms with Gasteiger partial charge in [0.25, 0.3) is 5.56 Å². The van der Waals surface area contributed by atoms with Crippen LogP contribution >= 0.6 is 15.9 Å². The predicted octanol–water partition coefficient (Wildman–Crippen LogP) is 1.86. The van der Waals surface area contributed by atoms with Gasteiger partial charge in [-0.3, -0.25) is 4.79 Å². The summed E-state index contributed by atoms with van der Waals surface area (Å²) in [5.74, 6) is 0. The van der Waals surface area contributed by atoms with E-state index < -0.39 is 0 Å². The SMILES string of the molecule is COCCn1ncc(NCC2(C)CC2)c(Br)c1=O. The third-order valence-electron chi connectivity index (χ3n) is 3.30. The number of hydrogen-bond acceptors (Lipinski definition) is 4. The second-order valence-electron chi connectivity index (χ2n) is 5.06. The van der Waals surface area contributed by atoms with Crippen molar-refractivity contribution in [2.75, 3.05) is 25.6 Å². The van der Waals surface area contributed by atoms with Gasteiger partial charge < -0.3 is 10.1 Å². The summed E-state index contributed by atoms with van der Waals surface area (Å²) in [5, 5.41) is 7.41. The number of anilines is 1. The molecule has 18 heavy (non-hydrogen) atoms. The summed E-state index contributed by atoms with van der Waals surface area (Å²) in [7, 11) is 1.60. The zero-order valence-corrected chi connectivity index (χ0v) is 12.3. The average Bonchev–Trinajstić information content (AvgIpc) is 3.08. The van der Waals surface area contributed by atoms with Gasteiger partial charge >= 0.3 is 0 Å². The summed E-state index contributed by atoms with van der Waals surface area (Å²) >= 11 is 3.33. The Morgan fingerprint density at radius 1 is 1.61 bits per heavy atom. The molecule has 1 aliphatic rings. The van der Waals surface area contributed by atoms with Gasteiger partial charge in [-0.2, -0.15) is 5.10 Å². The summed E-state index contributed by atoms with van der Waals surface area (Å²) in [6.45, 7) is 4.06. The van der Waals surface area contributed by atoms with Crippen molar-refractivity contribution >= 4 is 21.6 Å². The highest BCUT2D eigenvalue weighted by Gasteiger charge is 2.36. The number of rotatable bonds is 6. The van der Waals surface area contributed by atoms with Crippen molar-refractivity contribution in [2.45, 2.75) is 26.3 Å². The highest BCUT2D eigenvalue weighted by Crippen LogP contribution is 2.44. The lowest BCUT2D eigenvalue weighted by Gasteiger charge is -2.13. The van der Waals surface area contributed by atoms with Crippen LogP contribution in [0, 0.1) is 5.41 Å². The molecule has 0 saturated heterocycles. The Kier molecular flexibility index (Phi) is 4.07. The second kappa shape index (κ2) is 5.40. The molecule has 0 spiro atoms. The number of nitrogens with zero attached hydrogens (tertiary/aromatic N) is 2. The van der Waals surface area contributed by atoms with Crippen molar-refractivity contribution in [3.63, 3.8) is 0 Å². The van der Waals surface area contributed by atoms with Crippen molar-refractivity contribution in [1.82, 2.24) is 9.78 Å². The summed E-state index contributed by atoms with van der Waals surface area (Å²) in [6.07, 6.45) is 4.18. The molecule has 0 atom stereocenters. The molecule has 1 aromatic rings. The molecular formula is C12H18BrN3O2. The maximum absolute atomic E-state index is 12.0. The summed E-state index contributed by atoms with van der Waals surface area (Å²) in [6, 6.07) is 0. The van der Waals surface area contributed by atoms with Gasteiger partial charge in [0, 0.05) is 13.7 Å². The second-order valence-corrected chi connectivity index (χ2v) is 5.85. The van der Waals surface area contributed by atoms with Crippen LogP contribution in [-0.2, 0) is 11.3 Å². The van der Waals surface area contributed by atoms with E-state index in [1.807, 2.05) is 0 Å². The fourth-order valence-corrected chi connectivity index (χ4v) is 2.07. The Hall–Kier alpha value is -0.880. The summed E-state index contributed by atoms with van der Waals surface area (Å²) in [4.78, 5) is 12.0. The largest absolute Gasteiger partial charge is 0.383 e. The van der Waals surface area contributed by atoms with Crippen LogP contribution < -0.4 is 10.9 Å². The molecule has 1 aliphatic carbocycles. The van der Waals surface area contributed by atoms with E-state index in [0.717, 1.165) is 12.2 Å². The van der Waals surface area contributed by atoms with Gasteiger partial charge in [-0.05, 0) is 34.2 Å². The molecule has 0 aliphatic heterocycles. The van der Waals surface area contributed by atoms with E-state index in [2.05, 4.69) is 33.3 Å². The quantitative estimate of drug-likeness (QED) is 0.870. The first-order chi connectivity index (χ1) is 8.56. The molecule has 1 heterocycles. The number of halogens is 1. The molecule has 6 heteroatoms. The monoisotopic (exact) mass is 315 g/mol. The lowest BCUT2D eigenvalue weighted by Crippen LogP contribution is -2.26. The zero-order valence-electron chi connectivity index (χ0n) is 10.7. The van der Waals surface area contributed by atoms with Crippen LogP contribution in [0.15, 0.2) is 15.5 Å². The molecule has 5 nitrogen and oxygen atoms in total. The third kappa shape index (κ3) is 3.11. The van der Waals surface area contributed by atoms with Gasteiger partial charge in [-0.15, -0.1) is 0 Å². The summed E-state index contributed by atoms with van der Waals surface area (Å²) < 4.78 is 6.88. The minimum absolute atomic E-state index is 0.127. The number of methoxy groups -OCH3 is 1. The van der Waals surface area contributed by atoms with E-state index in [-0.39, 0.29) is 5.56 Å². The van der Waals surface area contributed by atoms with Crippen LogP contribution in [0.1, 0.15) is 19.8 Å². The maximum Gasteiger partial charge on any atom is 0.283 e. The minimum Gasteiger partial charge on any atom is -0.383 e. The van der Waals surface area contributed by atoms with Crippen molar-refractivity contribution in [3.05, 3.63) is 21.0 Å². The number of nitrogens with one attached hydrogen (secondary N) is 1. The van der Waals surface area contributed by atoms with E-state index in [0.29, 0.717) is 23.0 Å². The van der Waals surface area contributed by atoms with Crippen molar-refractivity contribution in [1.29, 1.82) is 0 Å². The standard InChI is InChI=1S/C12H18BrN3O2/c1-12(3-4-12)8-14-9-7-15-16(5-6-18-2)11(17)10(9)13/h7,14H,3-6,8H2,1-2H3. The molecular weight excluding hydrogens is 298 g/mol. The molecule has 0 amide bonds. The first-order valence-electron chi connectivity index (χ1n) is 6.04. The van der Waals surface area contributed by atoms with Crippen molar-refractivity contribution in [2.24, 2.45) is 5.41 Å². The predicted molar refractivity (Wildman–Crippen MR) is 73.9 cm³/mol. The summed E-state index contributed by atoms with van der Waals surface area (Å²) in [5.41, 5.74) is 1.03. The highest BCUT2D eigenvalue weighted by atomic mass is 79.9. The van der Waals surface area contributed by atoms with Gasteiger partial charge in [0.1, 0.15) is 4.47 Å². The molecule has 1 N–H and O–H groups in total. The Bertz CT molecular complexity index is 483. The van der Waals surface area contributed by atoms with Crippen LogP contribution in [0.4, 0.5) is 5.69 Å². The van der Waals surface area contributed by atoms with Crippen LogP contribution in [-0.4, -0.2) is 30.0 Å². The van der Waals surface area contributed by atoms with Crippen LogP contribution in [0.2, 0.25) is 0 Å². The van der Waals surface area contributed by atoms with Gasteiger partial charge in [0.2, 0.25) is 0 Å². The number of hydrogen-bond donors (Lipinski definition) is 1. The highest BCUT2D eigenvalue weighted by molar-refractivity contribution is 9.10. The Morgan fingerprint density at radius 2 is 2.33 bits per heavy atom. The van der Waals surface area contributed by atoms with Gasteiger partial charge in [0.15, 0.2) is 0 Å². The third-order valence-corrected chi connectivity index (χ3v) is 4.07. The fraction of sp³-hybridized carbons (Fsp3) is 0.667. The number of ether oxygens (including phenoxy) is 1. The van der Waals surface area contributed by atoms with E-state index >= 15 is 0 Å². The lowest BCUT2D eigenvalue weighted by molar-refractivity contribution is 0.181. The molecule has 1 fully saturated rings. The van der Waals surface area contributed by atoms with E-state index in [4.69, 9.17) is 4.74 Å². The normalized spacial score (nSPS) is 16.6. The molecule has 1 aromatic heterocycles. The maximum atomic E-state index is 12.0. The minimum atomic E-state index is -0.127. The molecule has 100 valence electrons. The molecule has 0 unspecified atom stereocenters. The van der Waals surface area contributed by atoms with Gasteiger partial charge in [-0.25, -0.2) is 4.68 Å². The lowest BCUT2D eigenvalue weighted by atomic mass is 10.1. The Balaban J connectivity index is 2.07. The fourth-order valence-electron chi connectivity index (χ4n) is 1.62. The molecule has 2 rings (SSSR count). The average molecular weight is 316 g/mol. The smallest absolute Gasteiger partial charge is 0.283 e. The molecule has 1 saturated carbocycles. The topological polar surface area (TPSA) is 56.1 Å². The first-order valence-corrected chi connectivity index (χ1v) is 6.83. The van der Waals surface area contributed by atoms with E-state index in [9.17, 15) is 4.79 Å². The van der Waals surface area contributed by atoms with Gasteiger partial charge in [-0.1, -0.05) is 6.92 Å². The van der Waals surface area contributed by atoms with Crippen LogP contribution in [0.25, 0.3) is 0 Å². The Morgan fingerprint density at radius 3 is 2.94 bits per heavy atom. The van der Waals surface area contributed by atoms with E-state index in [1.165, 1.54) is 17.5 Å². The molecule has 0 radical (unpaired) electrons. The number of aromatic nitrogens is 2. The van der Waals surface area contributed by atoms with Crippen LogP contribution in [0.5, 0.6) is 0 Å². The van der Waals surface area contributed by atoms with Crippen LogP contribution in [0.3, 0.4) is 0 Å².